The van der Waals surface area contributed by atoms with Crippen molar-refractivity contribution in [3.8, 4) is 0 Å². The molecule has 1 saturated carbocycles. The molecule has 2 N–H and O–H groups in total. The molecular weight excluding hydrogens is 464 g/mol. The molecule has 2 aromatic heterocycles. The maximum absolute atomic E-state index is 13.6. The van der Waals surface area contributed by atoms with Crippen LogP contribution in [0.25, 0.3) is 11.0 Å². The lowest BCUT2D eigenvalue weighted by atomic mass is 9.86. The number of fused-ring (bicyclic) bond motifs is 1. The molecule has 0 radical (unpaired) electrons. The van der Waals surface area contributed by atoms with Gasteiger partial charge in [0.1, 0.15) is 5.82 Å². The smallest absolute Gasteiger partial charge is 0.283 e. The minimum Gasteiger partial charge on any atom is -0.369 e. The third-order valence-electron chi connectivity index (χ3n) is 6.20. The van der Waals surface area contributed by atoms with Crippen molar-refractivity contribution in [2.45, 2.75) is 75.7 Å². The second-order valence-corrected chi connectivity index (χ2v) is 11.9. The van der Waals surface area contributed by atoms with Gasteiger partial charge in [0.05, 0.1) is 28.5 Å². The SMILES string of the molecule is CC(C)(C)c1nc2cc(S(=O)(=O)n3cc(CC(N)=O)cn3)ccc2n1CC1CCC(F)(F)CC1. The van der Waals surface area contributed by atoms with Crippen LogP contribution in [-0.2, 0) is 33.2 Å². The first-order valence-corrected chi connectivity index (χ1v) is 12.7. The zero-order valence-corrected chi connectivity index (χ0v) is 20.3. The van der Waals surface area contributed by atoms with Crippen LogP contribution in [0, 0.1) is 5.92 Å². The second kappa shape index (κ2) is 8.44. The normalized spacial score (nSPS) is 17.3. The number of benzene rings is 1. The summed E-state index contributed by atoms with van der Waals surface area (Å²) in [6.07, 6.45) is 3.11. The first kappa shape index (κ1) is 24.3. The number of hydrogen-bond acceptors (Lipinski definition) is 5. The van der Waals surface area contributed by atoms with E-state index in [1.807, 2.05) is 25.3 Å². The number of alkyl halides is 2. The number of amides is 1. The van der Waals surface area contributed by atoms with Gasteiger partial charge in [0.2, 0.25) is 11.8 Å². The van der Waals surface area contributed by atoms with Crippen molar-refractivity contribution < 1.29 is 22.0 Å². The average molecular weight is 494 g/mol. The van der Waals surface area contributed by atoms with Crippen molar-refractivity contribution in [3.63, 3.8) is 0 Å². The predicted molar refractivity (Wildman–Crippen MR) is 123 cm³/mol. The highest BCUT2D eigenvalue weighted by Crippen LogP contribution is 2.38. The van der Waals surface area contributed by atoms with Crippen LogP contribution < -0.4 is 5.73 Å². The molecule has 1 aliphatic rings. The highest BCUT2D eigenvalue weighted by molar-refractivity contribution is 7.89. The molecule has 4 rings (SSSR count). The molecule has 1 aliphatic carbocycles. The van der Waals surface area contributed by atoms with Gasteiger partial charge in [0.15, 0.2) is 0 Å². The summed E-state index contributed by atoms with van der Waals surface area (Å²) in [6, 6.07) is 4.70. The highest BCUT2D eigenvalue weighted by Gasteiger charge is 2.36. The van der Waals surface area contributed by atoms with E-state index in [0.717, 1.165) is 15.4 Å². The van der Waals surface area contributed by atoms with E-state index >= 15 is 0 Å². The predicted octanol–water partition coefficient (Wildman–Crippen LogP) is 3.62. The molecule has 184 valence electrons. The Bertz CT molecular complexity index is 1330. The van der Waals surface area contributed by atoms with E-state index < -0.39 is 21.9 Å². The monoisotopic (exact) mass is 493 g/mol. The third kappa shape index (κ3) is 4.84. The van der Waals surface area contributed by atoms with Crippen LogP contribution in [0.15, 0.2) is 35.5 Å². The fourth-order valence-electron chi connectivity index (χ4n) is 4.44. The van der Waals surface area contributed by atoms with E-state index in [1.54, 1.807) is 6.07 Å². The van der Waals surface area contributed by atoms with Crippen LogP contribution in [0.2, 0.25) is 0 Å². The largest absolute Gasteiger partial charge is 0.369 e. The van der Waals surface area contributed by atoms with Gasteiger partial charge in [-0.25, -0.2) is 13.8 Å². The Morgan fingerprint density at radius 1 is 1.24 bits per heavy atom. The number of carbonyl (C=O) groups excluding carboxylic acids is 1. The standard InChI is InChI=1S/C23H29F2N5O3S/c1-22(2,3)21-28-18-11-17(34(32,33)30-14-16(12-27-30)10-20(26)31)4-5-19(18)29(21)13-15-6-8-23(24,25)9-7-15/h4-5,11-12,14-15H,6-10,13H2,1-3H3,(H2,26,31). The molecule has 11 heteroatoms. The molecule has 1 fully saturated rings. The molecule has 0 unspecified atom stereocenters. The number of imidazole rings is 1. The van der Waals surface area contributed by atoms with Crippen molar-refractivity contribution in [2.24, 2.45) is 11.7 Å². The molecular formula is C23H29F2N5O3S. The van der Waals surface area contributed by atoms with E-state index in [-0.39, 0.29) is 35.5 Å². The van der Waals surface area contributed by atoms with E-state index in [0.29, 0.717) is 30.5 Å². The zero-order valence-electron chi connectivity index (χ0n) is 19.5. The maximum atomic E-state index is 13.6. The number of nitrogens with zero attached hydrogens (tertiary/aromatic N) is 4. The van der Waals surface area contributed by atoms with Crippen LogP contribution in [0.3, 0.4) is 0 Å². The van der Waals surface area contributed by atoms with E-state index in [1.165, 1.54) is 24.5 Å². The fourth-order valence-corrected chi connectivity index (χ4v) is 5.60. The van der Waals surface area contributed by atoms with Gasteiger partial charge in [-0.3, -0.25) is 4.79 Å². The number of primary amides is 1. The van der Waals surface area contributed by atoms with Gasteiger partial charge in [0.25, 0.3) is 10.0 Å². The maximum Gasteiger partial charge on any atom is 0.283 e. The zero-order chi connectivity index (χ0) is 24.9. The molecule has 34 heavy (non-hydrogen) atoms. The summed E-state index contributed by atoms with van der Waals surface area (Å²) in [7, 11) is -4.00. The number of carbonyl (C=O) groups is 1. The summed E-state index contributed by atoms with van der Waals surface area (Å²) >= 11 is 0. The minimum absolute atomic E-state index is 0.0103. The second-order valence-electron chi connectivity index (χ2n) is 10.1. The van der Waals surface area contributed by atoms with Crippen LogP contribution in [-0.4, -0.2) is 39.0 Å². The average Bonchev–Trinajstić information content (AvgIpc) is 3.34. The van der Waals surface area contributed by atoms with Gasteiger partial charge in [-0.2, -0.15) is 17.6 Å². The lowest BCUT2D eigenvalue weighted by Gasteiger charge is -2.30. The number of rotatable bonds is 6. The Morgan fingerprint density at radius 3 is 2.53 bits per heavy atom. The molecule has 0 saturated heterocycles. The molecule has 1 amide bonds. The third-order valence-corrected chi connectivity index (χ3v) is 7.75. The number of nitrogens with two attached hydrogens (primary N) is 1. The lowest BCUT2D eigenvalue weighted by molar-refractivity contribution is -0.117. The quantitative estimate of drug-likeness (QED) is 0.564. The van der Waals surface area contributed by atoms with Crippen molar-refractivity contribution >= 4 is 27.0 Å². The number of aromatic nitrogens is 4. The van der Waals surface area contributed by atoms with Crippen molar-refractivity contribution in [3.05, 3.63) is 42.0 Å². The van der Waals surface area contributed by atoms with Crippen molar-refractivity contribution in [2.75, 3.05) is 0 Å². The van der Waals surface area contributed by atoms with E-state index in [4.69, 9.17) is 10.7 Å². The molecule has 8 nitrogen and oxygen atoms in total. The number of hydrogen-bond donors (Lipinski definition) is 1. The van der Waals surface area contributed by atoms with Gasteiger partial charge in [0, 0.05) is 36.6 Å². The summed E-state index contributed by atoms with van der Waals surface area (Å²) in [6.45, 7) is 6.60. The highest BCUT2D eigenvalue weighted by atomic mass is 32.2. The van der Waals surface area contributed by atoms with Gasteiger partial charge < -0.3 is 10.3 Å². The first-order chi connectivity index (χ1) is 15.8. The summed E-state index contributed by atoms with van der Waals surface area (Å²) in [4.78, 5) is 15.9. The molecule has 0 bridgehead atoms. The van der Waals surface area contributed by atoms with E-state index in [2.05, 4.69) is 5.10 Å². The van der Waals surface area contributed by atoms with Crippen LogP contribution >= 0.6 is 0 Å². The Morgan fingerprint density at radius 2 is 1.91 bits per heavy atom. The summed E-state index contributed by atoms with van der Waals surface area (Å²) in [5, 5.41) is 3.88. The molecule has 2 heterocycles. The van der Waals surface area contributed by atoms with Crippen LogP contribution in [0.5, 0.6) is 0 Å². The summed E-state index contributed by atoms with van der Waals surface area (Å²) < 4.78 is 56.4. The van der Waals surface area contributed by atoms with Gasteiger partial charge in [-0.15, -0.1) is 0 Å². The number of halogens is 2. The van der Waals surface area contributed by atoms with E-state index in [9.17, 15) is 22.0 Å². The fraction of sp³-hybridized carbons (Fsp3) is 0.522. The Labute approximate surface area is 197 Å². The Hall–Kier alpha value is -2.82. The topological polar surface area (TPSA) is 113 Å². The molecule has 3 aromatic rings. The van der Waals surface area contributed by atoms with Gasteiger partial charge in [-0.1, -0.05) is 20.8 Å². The molecule has 0 aliphatic heterocycles. The van der Waals surface area contributed by atoms with Crippen LogP contribution in [0.4, 0.5) is 8.78 Å². The van der Waals surface area contributed by atoms with Crippen molar-refractivity contribution in [1.29, 1.82) is 0 Å². The summed E-state index contributed by atoms with van der Waals surface area (Å²) in [5.74, 6) is -2.29. The molecule has 0 spiro atoms. The Balaban J connectivity index is 1.70. The Kier molecular flexibility index (Phi) is 6.03. The van der Waals surface area contributed by atoms with Gasteiger partial charge >= 0.3 is 0 Å². The minimum atomic E-state index is -4.00. The lowest BCUT2D eigenvalue weighted by Crippen LogP contribution is -2.28. The summed E-state index contributed by atoms with van der Waals surface area (Å²) in [5.41, 5.74) is 6.51. The molecule has 1 aromatic carbocycles. The first-order valence-electron chi connectivity index (χ1n) is 11.2. The molecule has 0 atom stereocenters. The van der Waals surface area contributed by atoms with Gasteiger partial charge in [-0.05, 0) is 37.0 Å². The van der Waals surface area contributed by atoms with Crippen LogP contribution in [0.1, 0.15) is 57.8 Å². The van der Waals surface area contributed by atoms with Crippen molar-refractivity contribution in [1.82, 2.24) is 18.7 Å².